The second kappa shape index (κ2) is 10.0. The number of hydrogen-bond donors (Lipinski definition) is 0. The summed E-state index contributed by atoms with van der Waals surface area (Å²) in [5.74, 6) is 3.04. The molecule has 168 valence electrons. The predicted molar refractivity (Wildman–Crippen MR) is 119 cm³/mol. The zero-order chi connectivity index (χ0) is 21.1. The van der Waals surface area contributed by atoms with Gasteiger partial charge in [-0.1, -0.05) is 64.4 Å². The monoisotopic (exact) mass is 418 g/mol. The highest BCUT2D eigenvalue weighted by Crippen LogP contribution is 2.49. The lowest BCUT2D eigenvalue weighted by Crippen LogP contribution is -2.31. The number of halogens is 2. The van der Waals surface area contributed by atoms with Gasteiger partial charge in [-0.2, -0.15) is 4.39 Å². The zero-order valence-electron chi connectivity index (χ0n) is 19.0. The third-order valence-corrected chi connectivity index (χ3v) is 8.98. The fraction of sp³-hybridized carbons (Fsp3) is 0.778. The third kappa shape index (κ3) is 4.86. The van der Waals surface area contributed by atoms with E-state index in [0.29, 0.717) is 11.5 Å². The highest BCUT2D eigenvalue weighted by Gasteiger charge is 2.37. The molecule has 0 spiro atoms. The minimum Gasteiger partial charge on any atom is -0.494 e. The lowest BCUT2D eigenvalue weighted by molar-refractivity contribution is 0.108. The first kappa shape index (κ1) is 22.1. The summed E-state index contributed by atoms with van der Waals surface area (Å²) in [6.45, 7) is 2.34. The number of ether oxygens (including phenoxy) is 1. The van der Waals surface area contributed by atoms with Crippen LogP contribution in [0.15, 0.2) is 12.1 Å². The molecule has 4 atom stereocenters. The number of benzene rings is 1. The van der Waals surface area contributed by atoms with Gasteiger partial charge >= 0.3 is 0 Å². The molecule has 0 aliphatic heterocycles. The quantitative estimate of drug-likeness (QED) is 0.452. The molecule has 0 aromatic heterocycles. The van der Waals surface area contributed by atoms with E-state index in [9.17, 15) is 8.78 Å². The summed E-state index contributed by atoms with van der Waals surface area (Å²) in [7, 11) is 1.39. The summed E-state index contributed by atoms with van der Waals surface area (Å²) in [4.78, 5) is 0. The van der Waals surface area contributed by atoms with Crippen molar-refractivity contribution in [2.24, 2.45) is 29.6 Å². The highest BCUT2D eigenvalue weighted by atomic mass is 19.2. The van der Waals surface area contributed by atoms with Gasteiger partial charge < -0.3 is 4.74 Å². The molecular weight excluding hydrogens is 378 g/mol. The molecule has 3 fully saturated rings. The van der Waals surface area contributed by atoms with E-state index in [0.717, 1.165) is 36.5 Å². The summed E-state index contributed by atoms with van der Waals surface area (Å²) in [5, 5.41) is 0. The van der Waals surface area contributed by atoms with Crippen LogP contribution in [0.1, 0.15) is 102 Å². The van der Waals surface area contributed by atoms with Crippen LogP contribution in [0.3, 0.4) is 0 Å². The van der Waals surface area contributed by atoms with E-state index in [1.807, 2.05) is 0 Å². The molecule has 3 aliphatic rings. The van der Waals surface area contributed by atoms with Gasteiger partial charge in [0.2, 0.25) is 5.82 Å². The SMILES string of the molecule is CCC1CCC(CCC2CCC3CC(c4ccc(OC)c(F)c4F)CCC3C2)CC1. The first-order valence-electron chi connectivity index (χ1n) is 12.6. The van der Waals surface area contributed by atoms with E-state index in [-0.39, 0.29) is 11.7 Å². The summed E-state index contributed by atoms with van der Waals surface area (Å²) in [6.07, 6.45) is 17.3. The van der Waals surface area contributed by atoms with Crippen molar-refractivity contribution in [2.75, 3.05) is 7.11 Å². The van der Waals surface area contributed by atoms with Crippen molar-refractivity contribution in [2.45, 2.75) is 96.3 Å². The average Bonchev–Trinajstić information content (AvgIpc) is 2.79. The molecule has 1 nitrogen and oxygen atoms in total. The Morgan fingerprint density at radius 1 is 0.767 bits per heavy atom. The Kier molecular flexibility index (Phi) is 7.36. The molecule has 4 unspecified atom stereocenters. The molecular formula is C27H40F2O. The van der Waals surface area contributed by atoms with Gasteiger partial charge in [-0.25, -0.2) is 4.39 Å². The molecule has 0 bridgehead atoms. The van der Waals surface area contributed by atoms with Gasteiger partial charge in [0.25, 0.3) is 0 Å². The van der Waals surface area contributed by atoms with Crippen LogP contribution in [-0.4, -0.2) is 7.11 Å². The van der Waals surface area contributed by atoms with Crippen LogP contribution < -0.4 is 4.74 Å². The van der Waals surface area contributed by atoms with Crippen LogP contribution in [0.5, 0.6) is 5.75 Å². The molecule has 1 aromatic rings. The lowest BCUT2D eigenvalue weighted by atomic mass is 9.63. The molecule has 0 heterocycles. The van der Waals surface area contributed by atoms with Gasteiger partial charge in [0.15, 0.2) is 11.6 Å². The highest BCUT2D eigenvalue weighted by molar-refractivity contribution is 5.33. The van der Waals surface area contributed by atoms with Gasteiger partial charge in [-0.15, -0.1) is 0 Å². The Morgan fingerprint density at radius 2 is 1.40 bits per heavy atom. The predicted octanol–water partition coefficient (Wildman–Crippen LogP) is 8.27. The first-order valence-corrected chi connectivity index (χ1v) is 12.6. The van der Waals surface area contributed by atoms with E-state index in [4.69, 9.17) is 4.74 Å². The van der Waals surface area contributed by atoms with Crippen LogP contribution in [0.2, 0.25) is 0 Å². The molecule has 1 aromatic carbocycles. The second-order valence-electron chi connectivity index (χ2n) is 10.6. The molecule has 30 heavy (non-hydrogen) atoms. The molecule has 0 amide bonds. The Hall–Kier alpha value is -1.12. The van der Waals surface area contributed by atoms with Gasteiger partial charge in [0.05, 0.1) is 7.11 Å². The smallest absolute Gasteiger partial charge is 0.200 e. The zero-order valence-corrected chi connectivity index (χ0v) is 19.0. The second-order valence-corrected chi connectivity index (χ2v) is 10.6. The average molecular weight is 419 g/mol. The van der Waals surface area contributed by atoms with Crippen molar-refractivity contribution < 1.29 is 13.5 Å². The van der Waals surface area contributed by atoms with Gasteiger partial charge in [0, 0.05) is 0 Å². The summed E-state index contributed by atoms with van der Waals surface area (Å²) in [5.41, 5.74) is 0.566. The van der Waals surface area contributed by atoms with Crippen LogP contribution in [-0.2, 0) is 0 Å². The van der Waals surface area contributed by atoms with E-state index < -0.39 is 11.6 Å². The number of rotatable bonds is 6. The maximum atomic E-state index is 14.6. The van der Waals surface area contributed by atoms with Crippen LogP contribution in [0.4, 0.5) is 8.78 Å². The van der Waals surface area contributed by atoms with Crippen LogP contribution in [0, 0.1) is 41.2 Å². The summed E-state index contributed by atoms with van der Waals surface area (Å²) in [6, 6.07) is 3.34. The number of hydrogen-bond acceptors (Lipinski definition) is 1. The van der Waals surface area contributed by atoms with E-state index in [1.54, 1.807) is 12.1 Å². The van der Waals surface area contributed by atoms with E-state index in [1.165, 1.54) is 77.7 Å². The van der Waals surface area contributed by atoms with Crippen molar-refractivity contribution in [3.8, 4) is 5.75 Å². The maximum absolute atomic E-state index is 14.6. The summed E-state index contributed by atoms with van der Waals surface area (Å²) < 4.78 is 33.7. The minimum atomic E-state index is -0.825. The Morgan fingerprint density at radius 3 is 2.13 bits per heavy atom. The molecule has 3 aliphatic carbocycles. The van der Waals surface area contributed by atoms with Gasteiger partial charge in [0.1, 0.15) is 0 Å². The topological polar surface area (TPSA) is 9.23 Å². The molecule has 4 rings (SSSR count). The van der Waals surface area contributed by atoms with E-state index >= 15 is 0 Å². The standard InChI is InChI=1S/C27H40F2O/c1-3-18-4-6-19(7-5-18)8-9-20-10-11-22-17-23(13-12-21(22)16-20)24-14-15-25(30-2)27(29)26(24)28/h14-15,18-23H,3-13,16-17H2,1-2H3. The number of fused-ring (bicyclic) bond motifs is 1. The third-order valence-electron chi connectivity index (χ3n) is 8.98. The van der Waals surface area contributed by atoms with Crippen molar-refractivity contribution in [1.29, 1.82) is 0 Å². The molecule has 0 N–H and O–H groups in total. The normalized spacial score (nSPS) is 34.4. The number of methoxy groups -OCH3 is 1. The molecule has 3 heteroatoms. The fourth-order valence-corrected chi connectivity index (χ4v) is 6.95. The fourth-order valence-electron chi connectivity index (χ4n) is 6.95. The molecule has 0 saturated heterocycles. The summed E-state index contributed by atoms with van der Waals surface area (Å²) >= 11 is 0. The van der Waals surface area contributed by atoms with Crippen molar-refractivity contribution in [3.63, 3.8) is 0 Å². The lowest BCUT2D eigenvalue weighted by Gasteiger charge is -2.43. The Bertz CT molecular complexity index is 694. The van der Waals surface area contributed by atoms with E-state index in [2.05, 4.69) is 6.92 Å². The van der Waals surface area contributed by atoms with Crippen molar-refractivity contribution in [3.05, 3.63) is 29.3 Å². The van der Waals surface area contributed by atoms with Crippen molar-refractivity contribution >= 4 is 0 Å². The molecule has 3 saturated carbocycles. The van der Waals surface area contributed by atoms with Crippen molar-refractivity contribution in [1.82, 2.24) is 0 Å². The van der Waals surface area contributed by atoms with Crippen LogP contribution in [0.25, 0.3) is 0 Å². The first-order chi connectivity index (χ1) is 14.6. The molecule has 0 radical (unpaired) electrons. The van der Waals surface area contributed by atoms with Gasteiger partial charge in [-0.3, -0.25) is 0 Å². The minimum absolute atomic E-state index is 0.00799. The largest absolute Gasteiger partial charge is 0.494 e. The Labute approximate surface area is 182 Å². The van der Waals surface area contributed by atoms with Crippen LogP contribution >= 0.6 is 0 Å². The Balaban J connectivity index is 1.27. The maximum Gasteiger partial charge on any atom is 0.200 e. The van der Waals surface area contributed by atoms with Gasteiger partial charge in [-0.05, 0) is 79.2 Å².